The van der Waals surface area contributed by atoms with Crippen molar-refractivity contribution in [3.63, 3.8) is 0 Å². The molecule has 3 N–H and O–H groups in total. The molecular weight excluding hydrogens is 222 g/mol. The van der Waals surface area contributed by atoms with Gasteiger partial charge in [-0.3, -0.25) is 4.98 Å². The average molecular weight is 232 g/mol. The van der Waals surface area contributed by atoms with Crippen LogP contribution in [0.1, 0.15) is 28.0 Å². The van der Waals surface area contributed by atoms with E-state index in [9.17, 15) is 13.6 Å². The zero-order valence-corrected chi connectivity index (χ0v) is 8.41. The first-order valence-corrected chi connectivity index (χ1v) is 4.30. The number of hydrogen-bond acceptors (Lipinski definition) is 4. The molecule has 88 valence electrons. The normalized spacial score (nSPS) is 10.6. The standard InChI is InChI=1S/C9H10F2N2O3/c1-16-5-3-13-4(2-12)6(9(14)15)7(5)8(10)11/h3,8H,2,12H2,1H3,(H,14,15). The Bertz CT molecular complexity index is 410. The van der Waals surface area contributed by atoms with Crippen LogP contribution in [0, 0.1) is 0 Å². The highest BCUT2D eigenvalue weighted by Gasteiger charge is 2.26. The fourth-order valence-corrected chi connectivity index (χ4v) is 1.32. The molecule has 1 aromatic rings. The van der Waals surface area contributed by atoms with Crippen molar-refractivity contribution in [1.29, 1.82) is 0 Å². The van der Waals surface area contributed by atoms with Crippen molar-refractivity contribution in [2.45, 2.75) is 13.0 Å². The van der Waals surface area contributed by atoms with Crippen LogP contribution in [0.15, 0.2) is 6.20 Å². The van der Waals surface area contributed by atoms with Crippen LogP contribution in [0.3, 0.4) is 0 Å². The van der Waals surface area contributed by atoms with E-state index in [-0.39, 0.29) is 18.0 Å². The molecule has 7 heteroatoms. The van der Waals surface area contributed by atoms with Gasteiger partial charge < -0.3 is 15.6 Å². The van der Waals surface area contributed by atoms with E-state index in [4.69, 9.17) is 10.8 Å². The molecule has 16 heavy (non-hydrogen) atoms. The molecule has 0 saturated carbocycles. The van der Waals surface area contributed by atoms with Crippen LogP contribution in [0.25, 0.3) is 0 Å². The number of methoxy groups -OCH3 is 1. The molecule has 0 fully saturated rings. The smallest absolute Gasteiger partial charge is 0.338 e. The predicted molar refractivity (Wildman–Crippen MR) is 50.6 cm³/mol. The molecule has 0 bridgehead atoms. The number of halogens is 2. The first-order valence-electron chi connectivity index (χ1n) is 4.30. The second-order valence-corrected chi connectivity index (χ2v) is 2.87. The minimum atomic E-state index is -2.96. The van der Waals surface area contributed by atoms with Crippen molar-refractivity contribution in [2.75, 3.05) is 7.11 Å². The third-order valence-corrected chi connectivity index (χ3v) is 2.01. The highest BCUT2D eigenvalue weighted by molar-refractivity contribution is 5.91. The molecular formula is C9H10F2N2O3. The zero-order valence-electron chi connectivity index (χ0n) is 8.41. The van der Waals surface area contributed by atoms with Gasteiger partial charge in [0.15, 0.2) is 0 Å². The van der Waals surface area contributed by atoms with Gasteiger partial charge in [0.2, 0.25) is 0 Å². The van der Waals surface area contributed by atoms with Crippen LogP contribution in [-0.2, 0) is 6.54 Å². The van der Waals surface area contributed by atoms with E-state index in [1.54, 1.807) is 0 Å². The van der Waals surface area contributed by atoms with Gasteiger partial charge >= 0.3 is 5.97 Å². The number of ether oxygens (including phenoxy) is 1. The molecule has 0 saturated heterocycles. The lowest BCUT2D eigenvalue weighted by Crippen LogP contribution is -2.14. The minimum Gasteiger partial charge on any atom is -0.495 e. The second kappa shape index (κ2) is 4.84. The predicted octanol–water partition coefficient (Wildman–Crippen LogP) is 1.18. The lowest BCUT2D eigenvalue weighted by atomic mass is 10.1. The van der Waals surface area contributed by atoms with Crippen molar-refractivity contribution in [3.8, 4) is 5.75 Å². The van der Waals surface area contributed by atoms with E-state index < -0.39 is 23.5 Å². The summed E-state index contributed by atoms with van der Waals surface area (Å²) in [6.45, 7) is -0.231. The number of rotatable bonds is 4. The fraction of sp³-hybridized carbons (Fsp3) is 0.333. The Morgan fingerprint density at radius 3 is 2.69 bits per heavy atom. The van der Waals surface area contributed by atoms with Crippen molar-refractivity contribution >= 4 is 5.97 Å². The Kier molecular flexibility index (Phi) is 3.73. The van der Waals surface area contributed by atoms with Crippen molar-refractivity contribution < 1.29 is 23.4 Å². The quantitative estimate of drug-likeness (QED) is 0.814. The molecule has 0 atom stereocenters. The Morgan fingerprint density at radius 1 is 1.69 bits per heavy atom. The summed E-state index contributed by atoms with van der Waals surface area (Å²) in [4.78, 5) is 14.6. The number of nitrogens with two attached hydrogens (primary N) is 1. The molecule has 0 amide bonds. The summed E-state index contributed by atoms with van der Waals surface area (Å²) in [5.74, 6) is -1.76. The summed E-state index contributed by atoms with van der Waals surface area (Å²) >= 11 is 0. The van der Waals surface area contributed by atoms with E-state index in [1.807, 2.05) is 0 Å². The number of nitrogens with zero attached hydrogens (tertiary/aromatic N) is 1. The maximum Gasteiger partial charge on any atom is 0.338 e. The molecule has 0 unspecified atom stereocenters. The van der Waals surface area contributed by atoms with Crippen molar-refractivity contribution in [3.05, 3.63) is 23.0 Å². The third kappa shape index (κ3) is 2.08. The van der Waals surface area contributed by atoms with E-state index in [1.165, 1.54) is 0 Å². The number of hydrogen-bond donors (Lipinski definition) is 2. The van der Waals surface area contributed by atoms with E-state index in [2.05, 4.69) is 9.72 Å². The Hall–Kier alpha value is -1.76. The number of pyridine rings is 1. The average Bonchev–Trinajstić information content (AvgIpc) is 2.26. The molecule has 1 rings (SSSR count). The van der Waals surface area contributed by atoms with E-state index in [0.29, 0.717) is 0 Å². The molecule has 0 aromatic carbocycles. The molecule has 0 aliphatic rings. The Morgan fingerprint density at radius 2 is 2.31 bits per heavy atom. The fourth-order valence-electron chi connectivity index (χ4n) is 1.32. The molecule has 5 nitrogen and oxygen atoms in total. The van der Waals surface area contributed by atoms with Crippen molar-refractivity contribution in [2.24, 2.45) is 5.73 Å². The zero-order chi connectivity index (χ0) is 12.3. The van der Waals surface area contributed by atoms with Crippen LogP contribution in [0.2, 0.25) is 0 Å². The first-order chi connectivity index (χ1) is 7.52. The van der Waals surface area contributed by atoms with Gasteiger partial charge in [0.05, 0.1) is 30.1 Å². The van der Waals surface area contributed by atoms with Gasteiger partial charge in [0, 0.05) is 6.54 Å². The third-order valence-electron chi connectivity index (χ3n) is 2.01. The van der Waals surface area contributed by atoms with Gasteiger partial charge in [-0.05, 0) is 0 Å². The maximum absolute atomic E-state index is 12.7. The van der Waals surface area contributed by atoms with Gasteiger partial charge in [-0.25, -0.2) is 13.6 Å². The highest BCUT2D eigenvalue weighted by atomic mass is 19.3. The first kappa shape index (κ1) is 12.3. The van der Waals surface area contributed by atoms with E-state index >= 15 is 0 Å². The summed E-state index contributed by atoms with van der Waals surface area (Å²) in [6, 6.07) is 0. The lowest BCUT2D eigenvalue weighted by Gasteiger charge is -2.12. The number of aromatic carboxylic acids is 1. The van der Waals surface area contributed by atoms with Crippen LogP contribution >= 0.6 is 0 Å². The van der Waals surface area contributed by atoms with Gasteiger partial charge in [0.1, 0.15) is 5.75 Å². The van der Waals surface area contributed by atoms with Gasteiger partial charge in [0.25, 0.3) is 6.43 Å². The van der Waals surface area contributed by atoms with Gasteiger partial charge in [-0.1, -0.05) is 0 Å². The summed E-state index contributed by atoms with van der Waals surface area (Å²) in [7, 11) is 1.16. The molecule has 0 aliphatic carbocycles. The van der Waals surface area contributed by atoms with Crippen molar-refractivity contribution in [1.82, 2.24) is 4.98 Å². The summed E-state index contributed by atoms with van der Waals surface area (Å²) in [6.07, 6.45) is -1.93. The van der Waals surface area contributed by atoms with E-state index in [0.717, 1.165) is 13.3 Å². The Balaban J connectivity index is 3.53. The number of carboxylic acids is 1. The topological polar surface area (TPSA) is 85.4 Å². The monoisotopic (exact) mass is 232 g/mol. The molecule has 0 radical (unpaired) electrons. The Labute approximate surface area is 89.9 Å². The van der Waals surface area contributed by atoms with Crippen LogP contribution in [-0.4, -0.2) is 23.2 Å². The molecule has 0 spiro atoms. The number of carbonyl (C=O) groups is 1. The molecule has 0 aliphatic heterocycles. The number of aromatic nitrogens is 1. The number of alkyl halides is 2. The molecule has 1 heterocycles. The van der Waals surface area contributed by atoms with Crippen LogP contribution < -0.4 is 10.5 Å². The van der Waals surface area contributed by atoms with Crippen LogP contribution in [0.5, 0.6) is 5.75 Å². The summed E-state index contributed by atoms with van der Waals surface area (Å²) < 4.78 is 30.1. The second-order valence-electron chi connectivity index (χ2n) is 2.87. The largest absolute Gasteiger partial charge is 0.495 e. The molecule has 1 aromatic heterocycles. The summed E-state index contributed by atoms with van der Waals surface area (Å²) in [5.41, 5.74) is 3.87. The summed E-state index contributed by atoms with van der Waals surface area (Å²) in [5, 5.41) is 8.86. The van der Waals surface area contributed by atoms with Gasteiger partial charge in [-0.15, -0.1) is 0 Å². The minimum absolute atomic E-state index is 0.0939. The van der Waals surface area contributed by atoms with Gasteiger partial charge in [-0.2, -0.15) is 0 Å². The number of carboxylic acid groups (broad SMARTS) is 1. The lowest BCUT2D eigenvalue weighted by molar-refractivity contribution is 0.0680. The van der Waals surface area contributed by atoms with Crippen LogP contribution in [0.4, 0.5) is 8.78 Å². The highest BCUT2D eigenvalue weighted by Crippen LogP contribution is 2.32. The maximum atomic E-state index is 12.7. The SMILES string of the molecule is COc1cnc(CN)c(C(=O)O)c1C(F)F.